The molecule has 1 amide bonds. The van der Waals surface area contributed by atoms with E-state index in [9.17, 15) is 9.59 Å². The van der Waals surface area contributed by atoms with E-state index in [2.05, 4.69) is 0 Å². The lowest BCUT2D eigenvalue weighted by Crippen LogP contribution is -2.46. The number of carboxylic acids is 1. The molecule has 2 aliphatic rings. The van der Waals surface area contributed by atoms with Crippen molar-refractivity contribution in [2.75, 3.05) is 26.3 Å². The SMILES string of the molecule is C[C@@H]1CN(C(=O)C2(C)CCCOC2)C[C@H]1C(=O)O. The van der Waals surface area contributed by atoms with Gasteiger partial charge in [0.05, 0.1) is 17.9 Å². The number of aliphatic carboxylic acids is 1. The molecule has 2 heterocycles. The van der Waals surface area contributed by atoms with Gasteiger partial charge in [-0.15, -0.1) is 0 Å². The van der Waals surface area contributed by atoms with Crippen LogP contribution < -0.4 is 0 Å². The fraction of sp³-hybridized carbons (Fsp3) is 0.846. The fourth-order valence-electron chi connectivity index (χ4n) is 2.94. The lowest BCUT2D eigenvalue weighted by Gasteiger charge is -2.35. The number of carboxylic acid groups (broad SMARTS) is 1. The van der Waals surface area contributed by atoms with Gasteiger partial charge in [0.15, 0.2) is 0 Å². The van der Waals surface area contributed by atoms with Crippen LogP contribution in [-0.2, 0) is 14.3 Å². The zero-order chi connectivity index (χ0) is 13.3. The second kappa shape index (κ2) is 4.88. The van der Waals surface area contributed by atoms with E-state index in [0.29, 0.717) is 19.7 Å². The van der Waals surface area contributed by atoms with Gasteiger partial charge in [0.25, 0.3) is 0 Å². The molecule has 5 heteroatoms. The summed E-state index contributed by atoms with van der Waals surface area (Å²) in [6.45, 7) is 5.88. The summed E-state index contributed by atoms with van der Waals surface area (Å²) in [5, 5.41) is 9.10. The van der Waals surface area contributed by atoms with Gasteiger partial charge in [0, 0.05) is 19.7 Å². The van der Waals surface area contributed by atoms with E-state index in [1.807, 2.05) is 13.8 Å². The minimum atomic E-state index is -0.803. The maximum Gasteiger partial charge on any atom is 0.308 e. The molecule has 102 valence electrons. The maximum atomic E-state index is 12.5. The number of carbonyl (C=O) groups is 2. The molecule has 5 nitrogen and oxygen atoms in total. The third-order valence-electron chi connectivity index (χ3n) is 4.17. The second-order valence-corrected chi connectivity index (χ2v) is 5.85. The van der Waals surface area contributed by atoms with E-state index < -0.39 is 17.3 Å². The lowest BCUT2D eigenvalue weighted by atomic mass is 9.83. The van der Waals surface area contributed by atoms with Gasteiger partial charge in [-0.05, 0) is 25.7 Å². The zero-order valence-corrected chi connectivity index (χ0v) is 11.0. The molecule has 0 spiro atoms. The summed E-state index contributed by atoms with van der Waals surface area (Å²) in [6.07, 6.45) is 1.72. The molecule has 18 heavy (non-hydrogen) atoms. The molecule has 0 aromatic heterocycles. The van der Waals surface area contributed by atoms with Gasteiger partial charge in [0.1, 0.15) is 0 Å². The Morgan fingerprint density at radius 3 is 2.61 bits per heavy atom. The number of rotatable bonds is 2. The highest BCUT2D eigenvalue weighted by Gasteiger charge is 2.44. The van der Waals surface area contributed by atoms with E-state index in [-0.39, 0.29) is 11.8 Å². The first-order valence-electron chi connectivity index (χ1n) is 6.54. The fourth-order valence-corrected chi connectivity index (χ4v) is 2.94. The molecule has 1 N–H and O–H groups in total. The number of carbonyl (C=O) groups excluding carboxylic acids is 1. The van der Waals surface area contributed by atoms with Crippen LogP contribution in [-0.4, -0.2) is 48.2 Å². The highest BCUT2D eigenvalue weighted by Crippen LogP contribution is 2.33. The molecule has 3 atom stereocenters. The molecule has 0 aromatic rings. The summed E-state index contributed by atoms with van der Waals surface area (Å²) in [7, 11) is 0. The van der Waals surface area contributed by atoms with Crippen LogP contribution in [0, 0.1) is 17.3 Å². The summed E-state index contributed by atoms with van der Waals surface area (Å²) >= 11 is 0. The average Bonchev–Trinajstić information content (AvgIpc) is 2.71. The van der Waals surface area contributed by atoms with Crippen LogP contribution in [0.25, 0.3) is 0 Å². The smallest absolute Gasteiger partial charge is 0.308 e. The van der Waals surface area contributed by atoms with Gasteiger partial charge in [-0.3, -0.25) is 9.59 Å². The van der Waals surface area contributed by atoms with Crippen LogP contribution in [0.2, 0.25) is 0 Å². The van der Waals surface area contributed by atoms with Crippen LogP contribution in [0.4, 0.5) is 0 Å². The number of hydrogen-bond acceptors (Lipinski definition) is 3. The Morgan fingerprint density at radius 2 is 2.11 bits per heavy atom. The molecule has 2 aliphatic heterocycles. The topological polar surface area (TPSA) is 66.8 Å². The number of amides is 1. The standard InChI is InChI=1S/C13H21NO4/c1-9-6-14(7-10(9)11(15)16)12(17)13(2)4-3-5-18-8-13/h9-10H,3-8H2,1-2H3,(H,15,16)/t9-,10-,13?/m1/s1. The van der Waals surface area contributed by atoms with Crippen molar-refractivity contribution < 1.29 is 19.4 Å². The number of ether oxygens (including phenoxy) is 1. The molecule has 0 aromatic carbocycles. The molecule has 2 rings (SSSR count). The average molecular weight is 255 g/mol. The summed E-state index contributed by atoms with van der Waals surface area (Å²) in [5.41, 5.74) is -0.467. The van der Waals surface area contributed by atoms with Gasteiger partial charge in [-0.25, -0.2) is 0 Å². The molecule has 2 saturated heterocycles. The number of hydrogen-bond donors (Lipinski definition) is 1. The summed E-state index contributed by atoms with van der Waals surface area (Å²) < 4.78 is 5.40. The Labute approximate surface area is 107 Å². The van der Waals surface area contributed by atoms with Crippen molar-refractivity contribution in [2.45, 2.75) is 26.7 Å². The van der Waals surface area contributed by atoms with Crippen molar-refractivity contribution in [3.63, 3.8) is 0 Å². The third kappa shape index (κ3) is 2.36. The molecule has 0 radical (unpaired) electrons. The molecule has 0 aliphatic carbocycles. The largest absolute Gasteiger partial charge is 0.481 e. The van der Waals surface area contributed by atoms with E-state index in [4.69, 9.17) is 9.84 Å². The van der Waals surface area contributed by atoms with E-state index in [0.717, 1.165) is 19.4 Å². The second-order valence-electron chi connectivity index (χ2n) is 5.85. The van der Waals surface area contributed by atoms with E-state index in [1.165, 1.54) is 0 Å². The molecule has 2 fully saturated rings. The quantitative estimate of drug-likeness (QED) is 0.798. The first-order valence-corrected chi connectivity index (χ1v) is 6.54. The normalized spacial score (nSPS) is 36.7. The highest BCUT2D eigenvalue weighted by molar-refractivity contribution is 5.84. The van der Waals surface area contributed by atoms with Gasteiger partial charge in [0.2, 0.25) is 5.91 Å². The first-order chi connectivity index (χ1) is 8.44. The van der Waals surface area contributed by atoms with Crippen molar-refractivity contribution >= 4 is 11.9 Å². The van der Waals surface area contributed by atoms with Gasteiger partial charge >= 0.3 is 5.97 Å². The highest BCUT2D eigenvalue weighted by atomic mass is 16.5. The Bertz CT molecular complexity index is 349. The van der Waals surface area contributed by atoms with Crippen molar-refractivity contribution in [1.82, 2.24) is 4.90 Å². The first kappa shape index (κ1) is 13.3. The van der Waals surface area contributed by atoms with Crippen LogP contribution in [0.1, 0.15) is 26.7 Å². The maximum absolute atomic E-state index is 12.5. The predicted octanol–water partition coefficient (Wildman–Crippen LogP) is 0.982. The molecular formula is C13H21NO4. The van der Waals surface area contributed by atoms with Gasteiger partial charge < -0.3 is 14.7 Å². The molecular weight excluding hydrogens is 234 g/mol. The van der Waals surface area contributed by atoms with Gasteiger partial charge in [-0.1, -0.05) is 6.92 Å². The van der Waals surface area contributed by atoms with E-state index in [1.54, 1.807) is 4.90 Å². The Hall–Kier alpha value is -1.10. The van der Waals surface area contributed by atoms with Crippen LogP contribution in [0.5, 0.6) is 0 Å². The summed E-state index contributed by atoms with van der Waals surface area (Å²) in [4.78, 5) is 25.3. The van der Waals surface area contributed by atoms with Crippen LogP contribution >= 0.6 is 0 Å². The molecule has 1 unspecified atom stereocenters. The van der Waals surface area contributed by atoms with Crippen molar-refractivity contribution in [3.8, 4) is 0 Å². The molecule has 0 saturated carbocycles. The van der Waals surface area contributed by atoms with Crippen molar-refractivity contribution in [3.05, 3.63) is 0 Å². The monoisotopic (exact) mass is 255 g/mol. The van der Waals surface area contributed by atoms with Crippen molar-refractivity contribution in [1.29, 1.82) is 0 Å². The Morgan fingerprint density at radius 1 is 1.39 bits per heavy atom. The minimum absolute atomic E-state index is 0.0274. The van der Waals surface area contributed by atoms with Gasteiger partial charge in [-0.2, -0.15) is 0 Å². The van der Waals surface area contributed by atoms with Crippen molar-refractivity contribution in [2.24, 2.45) is 17.3 Å². The lowest BCUT2D eigenvalue weighted by molar-refractivity contribution is -0.148. The minimum Gasteiger partial charge on any atom is -0.481 e. The number of likely N-dealkylation sites (tertiary alicyclic amines) is 1. The third-order valence-corrected chi connectivity index (χ3v) is 4.17. The predicted molar refractivity (Wildman–Crippen MR) is 65.0 cm³/mol. The summed E-state index contributed by atoms with van der Waals surface area (Å²) in [5.74, 6) is -1.15. The Kier molecular flexibility index (Phi) is 3.61. The summed E-state index contributed by atoms with van der Waals surface area (Å²) in [6, 6.07) is 0. The Balaban J connectivity index is 2.04. The van der Waals surface area contributed by atoms with Crippen LogP contribution in [0.3, 0.4) is 0 Å². The van der Waals surface area contributed by atoms with Crippen LogP contribution in [0.15, 0.2) is 0 Å². The zero-order valence-electron chi connectivity index (χ0n) is 11.0. The molecule has 0 bridgehead atoms. The van der Waals surface area contributed by atoms with E-state index >= 15 is 0 Å². The number of nitrogens with zero attached hydrogens (tertiary/aromatic N) is 1.